The van der Waals surface area contributed by atoms with Crippen molar-refractivity contribution in [3.8, 4) is 5.75 Å². The van der Waals surface area contributed by atoms with Crippen LogP contribution in [0.2, 0.25) is 0 Å². The SMILES string of the molecule is C=P1(O)OC(c2ccccc2OC(=O)CC(C)C)OP(=O)(O)C1(O)Cc1cccnc1. The average molecular weight is 469 g/mol. The number of pyridine rings is 1. The highest BCUT2D eigenvalue weighted by Gasteiger charge is 2.62. The van der Waals surface area contributed by atoms with Gasteiger partial charge < -0.3 is 19.6 Å². The molecule has 9 nitrogen and oxygen atoms in total. The molecule has 0 spiro atoms. The van der Waals surface area contributed by atoms with Crippen LogP contribution in [0.5, 0.6) is 5.75 Å². The summed E-state index contributed by atoms with van der Waals surface area (Å²) in [5.41, 5.74) is 0.495. The van der Waals surface area contributed by atoms with Crippen molar-refractivity contribution in [1.29, 1.82) is 0 Å². The highest BCUT2D eigenvalue weighted by Crippen LogP contribution is 2.79. The van der Waals surface area contributed by atoms with Crippen molar-refractivity contribution in [2.75, 3.05) is 0 Å². The molecule has 0 saturated carbocycles. The first kappa shape index (κ1) is 23.8. The molecular formula is C20H25NO8P2. The van der Waals surface area contributed by atoms with Crippen LogP contribution in [0.15, 0.2) is 48.8 Å². The molecular weight excluding hydrogens is 444 g/mol. The molecule has 0 bridgehead atoms. The molecule has 3 N–H and O–H groups in total. The molecule has 11 heteroatoms. The van der Waals surface area contributed by atoms with Gasteiger partial charge in [0.15, 0.2) is 7.34 Å². The van der Waals surface area contributed by atoms with Crippen molar-refractivity contribution in [1.82, 2.24) is 4.98 Å². The minimum Gasteiger partial charge on any atom is -0.426 e. The van der Waals surface area contributed by atoms with Crippen LogP contribution < -0.4 is 4.74 Å². The van der Waals surface area contributed by atoms with Gasteiger partial charge in [0.2, 0.25) is 11.4 Å². The van der Waals surface area contributed by atoms with Gasteiger partial charge in [0.05, 0.1) is 5.56 Å². The smallest absolute Gasteiger partial charge is 0.371 e. The van der Waals surface area contributed by atoms with Crippen LogP contribution in [0.4, 0.5) is 0 Å². The van der Waals surface area contributed by atoms with Crippen molar-refractivity contribution >= 4 is 27.2 Å². The minimum absolute atomic E-state index is 0.0517. The van der Waals surface area contributed by atoms with E-state index in [0.29, 0.717) is 5.56 Å². The second-order valence-electron chi connectivity index (χ2n) is 7.69. The number of aromatic nitrogens is 1. The molecule has 2 aromatic rings. The van der Waals surface area contributed by atoms with Crippen LogP contribution in [-0.4, -0.2) is 37.2 Å². The van der Waals surface area contributed by atoms with Crippen LogP contribution in [0.3, 0.4) is 0 Å². The second kappa shape index (κ2) is 8.96. The molecule has 0 radical (unpaired) electrons. The summed E-state index contributed by atoms with van der Waals surface area (Å²) >= 11 is 0. The summed E-state index contributed by atoms with van der Waals surface area (Å²) in [6.07, 6.45) is 4.54. The van der Waals surface area contributed by atoms with E-state index in [2.05, 4.69) is 11.3 Å². The van der Waals surface area contributed by atoms with E-state index in [1.54, 1.807) is 24.3 Å². The summed E-state index contributed by atoms with van der Waals surface area (Å²) in [5, 5.41) is 8.36. The van der Waals surface area contributed by atoms with Gasteiger partial charge in [0.1, 0.15) is 5.75 Å². The van der Waals surface area contributed by atoms with Crippen molar-refractivity contribution in [2.45, 2.75) is 38.1 Å². The van der Waals surface area contributed by atoms with Gasteiger partial charge in [0, 0.05) is 25.2 Å². The maximum atomic E-state index is 13.1. The van der Waals surface area contributed by atoms with Gasteiger partial charge in [-0.3, -0.25) is 23.4 Å². The third kappa shape index (κ3) is 4.99. The lowest BCUT2D eigenvalue weighted by Gasteiger charge is -2.45. The first-order valence-electron chi connectivity index (χ1n) is 9.52. The Balaban J connectivity index is 1.92. The van der Waals surface area contributed by atoms with Crippen LogP contribution >= 0.6 is 14.9 Å². The molecule has 1 aromatic heterocycles. The fourth-order valence-electron chi connectivity index (χ4n) is 3.05. The van der Waals surface area contributed by atoms with Crippen molar-refractivity contribution in [3.05, 3.63) is 59.9 Å². The standard InChI is InChI=1S/C20H25NO8P2/c1-14(2)11-18(22)27-17-9-5-4-8-16(17)19-28-30(3,24)20(23,31(25,26)29-19)12-15-7-6-10-21-13-15/h4-10,13-14,19,23-24H,3,11-12H2,1-2H3,(H,25,26). The first-order chi connectivity index (χ1) is 14.5. The summed E-state index contributed by atoms with van der Waals surface area (Å²) in [6.45, 7) is 3.72. The monoisotopic (exact) mass is 469 g/mol. The first-order valence-corrected chi connectivity index (χ1v) is 12.9. The number of hydrogen-bond donors (Lipinski definition) is 3. The molecule has 3 rings (SSSR count). The van der Waals surface area contributed by atoms with Gasteiger partial charge >= 0.3 is 13.6 Å². The number of ether oxygens (including phenoxy) is 1. The molecule has 1 saturated heterocycles. The van der Waals surface area contributed by atoms with Crippen LogP contribution in [0.1, 0.15) is 37.7 Å². The summed E-state index contributed by atoms with van der Waals surface area (Å²) in [6, 6.07) is 9.28. The minimum atomic E-state index is -4.89. The van der Waals surface area contributed by atoms with E-state index in [9.17, 15) is 24.3 Å². The van der Waals surface area contributed by atoms with E-state index in [-0.39, 0.29) is 23.7 Å². The van der Waals surface area contributed by atoms with Gasteiger partial charge in [-0.1, -0.05) is 38.1 Å². The molecule has 31 heavy (non-hydrogen) atoms. The molecule has 2 heterocycles. The van der Waals surface area contributed by atoms with E-state index < -0.39 is 38.7 Å². The fraction of sp³-hybridized carbons (Fsp3) is 0.350. The molecule has 4 unspecified atom stereocenters. The van der Waals surface area contributed by atoms with E-state index in [4.69, 9.17) is 13.8 Å². The van der Waals surface area contributed by atoms with E-state index in [1.807, 2.05) is 13.8 Å². The van der Waals surface area contributed by atoms with E-state index in [0.717, 1.165) is 0 Å². The molecule has 1 aromatic carbocycles. The number of nitrogens with zero attached hydrogens (tertiary/aromatic N) is 1. The molecule has 1 aliphatic rings. The maximum Gasteiger partial charge on any atom is 0.371 e. The lowest BCUT2D eigenvalue weighted by Crippen LogP contribution is -2.38. The number of carbonyl (C=O) groups excluding carboxylic acids is 1. The molecule has 1 aliphatic heterocycles. The molecule has 168 valence electrons. The zero-order valence-electron chi connectivity index (χ0n) is 17.1. The lowest BCUT2D eigenvalue weighted by atomic mass is 10.1. The highest BCUT2D eigenvalue weighted by molar-refractivity contribution is 7.78. The average Bonchev–Trinajstić information content (AvgIpc) is 2.66. The van der Waals surface area contributed by atoms with Crippen LogP contribution in [0, 0.1) is 5.92 Å². The third-order valence-corrected chi connectivity index (χ3v) is 9.71. The topological polar surface area (TPSA) is 135 Å². The number of rotatable bonds is 6. The normalized spacial score (nSPS) is 30.8. The Morgan fingerprint density at radius 1 is 1.26 bits per heavy atom. The zero-order valence-corrected chi connectivity index (χ0v) is 18.9. The molecule has 0 aliphatic carbocycles. The van der Waals surface area contributed by atoms with Crippen LogP contribution in [0.25, 0.3) is 0 Å². The van der Waals surface area contributed by atoms with Crippen molar-refractivity contribution in [2.24, 2.45) is 5.92 Å². The molecule has 0 amide bonds. The second-order valence-corrected chi connectivity index (χ2v) is 12.4. The molecule has 4 atom stereocenters. The Morgan fingerprint density at radius 2 is 1.97 bits per heavy atom. The van der Waals surface area contributed by atoms with Crippen molar-refractivity contribution in [3.63, 3.8) is 0 Å². The summed E-state index contributed by atoms with van der Waals surface area (Å²) < 4.78 is 29.2. The predicted octanol–water partition coefficient (Wildman–Crippen LogP) is 3.42. The largest absolute Gasteiger partial charge is 0.426 e. The van der Waals surface area contributed by atoms with E-state index >= 15 is 0 Å². The Bertz CT molecular complexity index is 1020. The Morgan fingerprint density at radius 3 is 2.58 bits per heavy atom. The third-order valence-electron chi connectivity index (χ3n) is 4.66. The van der Waals surface area contributed by atoms with Crippen LogP contribution in [-0.2, 0) is 24.8 Å². The van der Waals surface area contributed by atoms with E-state index in [1.165, 1.54) is 24.5 Å². The summed E-state index contributed by atoms with van der Waals surface area (Å²) in [4.78, 5) is 37.5. The number of hydrogen-bond acceptors (Lipinski definition) is 8. The Labute approximate surface area is 180 Å². The lowest BCUT2D eigenvalue weighted by molar-refractivity contribution is -0.135. The number of benzene rings is 1. The van der Waals surface area contributed by atoms with Crippen molar-refractivity contribution < 1.29 is 38.0 Å². The number of esters is 1. The summed E-state index contributed by atoms with van der Waals surface area (Å²) in [7, 11) is -9.04. The maximum absolute atomic E-state index is 13.1. The van der Waals surface area contributed by atoms with Gasteiger partial charge in [-0.05, 0) is 29.9 Å². The fourth-order valence-corrected chi connectivity index (χ4v) is 7.02. The predicted molar refractivity (Wildman–Crippen MR) is 115 cm³/mol. The number of para-hydroxylation sites is 1. The highest BCUT2D eigenvalue weighted by atomic mass is 31.2. The Hall–Kier alpha value is -1.83. The molecule has 1 fully saturated rings. The summed E-state index contributed by atoms with van der Waals surface area (Å²) in [5.74, 6) is -0.383. The van der Waals surface area contributed by atoms with Gasteiger partial charge in [-0.25, -0.2) is 0 Å². The zero-order chi connectivity index (χ0) is 22.9. The number of carbonyl (C=O) groups is 1. The van der Waals surface area contributed by atoms with Gasteiger partial charge in [-0.2, -0.15) is 0 Å². The van der Waals surface area contributed by atoms with Gasteiger partial charge in [-0.15, -0.1) is 0 Å². The van der Waals surface area contributed by atoms with Gasteiger partial charge in [0.25, 0.3) is 0 Å². The quantitative estimate of drug-likeness (QED) is 0.330. The Kier molecular flexibility index (Phi) is 6.89. The number of aliphatic hydroxyl groups is 1.